The second-order valence-corrected chi connectivity index (χ2v) is 9.09. The van der Waals surface area contributed by atoms with Crippen molar-refractivity contribution >= 4 is 15.9 Å². The summed E-state index contributed by atoms with van der Waals surface area (Å²) >= 11 is 0. The van der Waals surface area contributed by atoms with Crippen molar-refractivity contribution < 1.29 is 18.0 Å². The molecule has 0 saturated heterocycles. The van der Waals surface area contributed by atoms with Crippen LogP contribution in [0.4, 0.5) is 0 Å². The van der Waals surface area contributed by atoms with Crippen molar-refractivity contribution in [3.8, 4) is 0 Å². The topological polar surface area (TPSA) is 75.7 Å². The second kappa shape index (κ2) is 9.32. The molecule has 2 rings (SSSR count). The van der Waals surface area contributed by atoms with E-state index in [-0.39, 0.29) is 16.8 Å². The van der Waals surface area contributed by atoms with E-state index in [1.165, 1.54) is 44.0 Å². The molecule has 0 heterocycles. The number of sulfonamides is 1. The number of hydroxylamine groups is 1. The van der Waals surface area contributed by atoms with Gasteiger partial charge in [-0.05, 0) is 54.7 Å². The molecule has 2 aromatic carbocycles. The molecule has 0 aliphatic heterocycles. The molecular weight excluding hydrogens is 376 g/mol. The van der Waals surface area contributed by atoms with Crippen LogP contribution in [-0.2, 0) is 21.3 Å². The normalized spacial score (nSPS) is 13.0. The van der Waals surface area contributed by atoms with Gasteiger partial charge in [0.1, 0.15) is 0 Å². The molecule has 2 aromatic rings. The second-order valence-electron chi connectivity index (χ2n) is 7.16. The van der Waals surface area contributed by atoms with E-state index in [0.29, 0.717) is 11.5 Å². The molecule has 152 valence electrons. The van der Waals surface area contributed by atoms with Gasteiger partial charge < -0.3 is 5.32 Å². The highest BCUT2D eigenvalue weighted by Gasteiger charge is 2.21. The average molecular weight is 405 g/mol. The van der Waals surface area contributed by atoms with Gasteiger partial charge in [0.05, 0.1) is 18.0 Å². The lowest BCUT2D eigenvalue weighted by molar-refractivity contribution is -0.0258. The third-order valence-corrected chi connectivity index (χ3v) is 6.18. The number of rotatable bonds is 8. The third kappa shape index (κ3) is 5.41. The van der Waals surface area contributed by atoms with Gasteiger partial charge in [-0.15, -0.1) is 0 Å². The molecule has 0 spiro atoms. The maximum absolute atomic E-state index is 12.5. The van der Waals surface area contributed by atoms with E-state index in [1.54, 1.807) is 0 Å². The first-order valence-electron chi connectivity index (χ1n) is 9.18. The Kier molecular flexibility index (Phi) is 7.35. The first-order valence-corrected chi connectivity index (χ1v) is 10.6. The zero-order valence-electron chi connectivity index (χ0n) is 17.0. The monoisotopic (exact) mass is 404 g/mol. The van der Waals surface area contributed by atoms with Crippen molar-refractivity contribution in [1.82, 2.24) is 9.79 Å². The Balaban J connectivity index is 2.06. The van der Waals surface area contributed by atoms with Crippen LogP contribution < -0.4 is 5.32 Å². The number of amides is 1. The van der Waals surface area contributed by atoms with Gasteiger partial charge >= 0.3 is 0 Å². The quantitative estimate of drug-likeness (QED) is 0.683. The third-order valence-electron chi connectivity index (χ3n) is 4.48. The standard InChI is InChI=1S/C21H28N2O4S/c1-15(2)14-17-6-8-18(9-7-17)16(3)22-21(24)19-10-12-20(13-11-19)28(25,26)23(4)27-5/h6-13,15-16H,14H2,1-5H3,(H,22,24)/t16-/m1/s1. The summed E-state index contributed by atoms with van der Waals surface area (Å²) in [6.07, 6.45) is 1.02. The Labute approximate surface area is 167 Å². The molecule has 1 N–H and O–H groups in total. The SMILES string of the molecule is CON(C)S(=O)(=O)c1ccc(C(=O)N[C@H](C)c2ccc(CC(C)C)cc2)cc1. The Morgan fingerprint density at radius 1 is 1.04 bits per heavy atom. The molecule has 28 heavy (non-hydrogen) atoms. The van der Waals surface area contributed by atoms with E-state index in [0.717, 1.165) is 16.5 Å². The zero-order valence-corrected chi connectivity index (χ0v) is 17.8. The number of nitrogens with one attached hydrogen (secondary N) is 1. The minimum absolute atomic E-state index is 0.0576. The average Bonchev–Trinajstić information content (AvgIpc) is 2.67. The van der Waals surface area contributed by atoms with Crippen molar-refractivity contribution in [2.45, 2.75) is 38.1 Å². The molecule has 7 heteroatoms. The molecule has 0 unspecified atom stereocenters. The van der Waals surface area contributed by atoms with E-state index >= 15 is 0 Å². The lowest BCUT2D eigenvalue weighted by Crippen LogP contribution is -2.27. The van der Waals surface area contributed by atoms with Gasteiger partial charge in [-0.25, -0.2) is 8.42 Å². The van der Waals surface area contributed by atoms with Crippen molar-refractivity contribution in [1.29, 1.82) is 0 Å². The smallest absolute Gasteiger partial charge is 0.264 e. The largest absolute Gasteiger partial charge is 0.346 e. The Hall–Kier alpha value is -2.22. The van der Waals surface area contributed by atoms with Gasteiger partial charge in [0, 0.05) is 12.6 Å². The van der Waals surface area contributed by atoms with E-state index in [1.807, 2.05) is 19.1 Å². The minimum Gasteiger partial charge on any atom is -0.346 e. The summed E-state index contributed by atoms with van der Waals surface area (Å²) in [4.78, 5) is 17.3. The number of benzene rings is 2. The van der Waals surface area contributed by atoms with Gasteiger partial charge in [-0.1, -0.05) is 42.6 Å². The van der Waals surface area contributed by atoms with Crippen LogP contribution in [0.25, 0.3) is 0 Å². The molecule has 1 atom stereocenters. The summed E-state index contributed by atoms with van der Waals surface area (Å²) in [5.74, 6) is 0.334. The summed E-state index contributed by atoms with van der Waals surface area (Å²) in [6, 6.07) is 13.8. The summed E-state index contributed by atoms with van der Waals surface area (Å²) in [7, 11) is -1.15. The summed E-state index contributed by atoms with van der Waals surface area (Å²) in [5.41, 5.74) is 2.68. The van der Waals surface area contributed by atoms with Crippen molar-refractivity contribution in [3.05, 3.63) is 65.2 Å². The van der Waals surface area contributed by atoms with Crippen LogP contribution in [0.15, 0.2) is 53.4 Å². The first kappa shape index (κ1) is 22.1. The van der Waals surface area contributed by atoms with Crippen LogP contribution in [-0.4, -0.2) is 33.0 Å². The van der Waals surface area contributed by atoms with E-state index < -0.39 is 10.0 Å². The fourth-order valence-corrected chi connectivity index (χ4v) is 3.78. The van der Waals surface area contributed by atoms with Gasteiger partial charge in [0.25, 0.3) is 15.9 Å². The number of carbonyl (C=O) groups is 1. The first-order chi connectivity index (χ1) is 13.1. The maximum Gasteiger partial charge on any atom is 0.264 e. The number of hydrogen-bond donors (Lipinski definition) is 1. The Bertz CT molecular complexity index is 891. The molecule has 0 aliphatic rings. The van der Waals surface area contributed by atoms with E-state index in [9.17, 15) is 13.2 Å². The molecule has 0 fully saturated rings. The fraction of sp³-hybridized carbons (Fsp3) is 0.381. The van der Waals surface area contributed by atoms with Crippen LogP contribution in [0.2, 0.25) is 0 Å². The highest BCUT2D eigenvalue weighted by Crippen LogP contribution is 2.18. The summed E-state index contributed by atoms with van der Waals surface area (Å²) in [5, 5.41) is 2.94. The van der Waals surface area contributed by atoms with Gasteiger partial charge in [-0.2, -0.15) is 0 Å². The van der Waals surface area contributed by atoms with Crippen LogP contribution in [0.1, 0.15) is 48.3 Å². The van der Waals surface area contributed by atoms with Gasteiger partial charge in [-0.3, -0.25) is 9.63 Å². The highest BCUT2D eigenvalue weighted by atomic mass is 32.2. The predicted octanol–water partition coefficient (Wildman–Crippen LogP) is 3.56. The van der Waals surface area contributed by atoms with Gasteiger partial charge in [0.2, 0.25) is 0 Å². The molecule has 1 amide bonds. The number of hydrogen-bond acceptors (Lipinski definition) is 4. The van der Waals surface area contributed by atoms with Crippen molar-refractivity contribution in [2.75, 3.05) is 14.2 Å². The molecule has 0 aromatic heterocycles. The molecular formula is C21H28N2O4S. The maximum atomic E-state index is 12.5. The summed E-state index contributed by atoms with van der Waals surface area (Å²) in [6.45, 7) is 6.28. The van der Waals surface area contributed by atoms with Crippen LogP contribution in [0.3, 0.4) is 0 Å². The molecule has 6 nitrogen and oxygen atoms in total. The Morgan fingerprint density at radius 2 is 1.61 bits per heavy atom. The van der Waals surface area contributed by atoms with Gasteiger partial charge in [0.15, 0.2) is 0 Å². The number of nitrogens with zero attached hydrogens (tertiary/aromatic N) is 1. The Morgan fingerprint density at radius 3 is 2.11 bits per heavy atom. The minimum atomic E-state index is -3.73. The van der Waals surface area contributed by atoms with Crippen molar-refractivity contribution in [2.24, 2.45) is 5.92 Å². The number of carbonyl (C=O) groups excluding carboxylic acids is 1. The fourth-order valence-electron chi connectivity index (χ4n) is 2.80. The zero-order chi connectivity index (χ0) is 20.9. The lowest BCUT2D eigenvalue weighted by atomic mass is 10.00. The van der Waals surface area contributed by atoms with Crippen LogP contribution >= 0.6 is 0 Å². The van der Waals surface area contributed by atoms with E-state index in [4.69, 9.17) is 4.84 Å². The van der Waals surface area contributed by atoms with Crippen LogP contribution in [0, 0.1) is 5.92 Å². The van der Waals surface area contributed by atoms with Crippen molar-refractivity contribution in [3.63, 3.8) is 0 Å². The summed E-state index contributed by atoms with van der Waals surface area (Å²) < 4.78 is 25.2. The lowest BCUT2D eigenvalue weighted by Gasteiger charge is -2.16. The molecule has 0 bridgehead atoms. The molecule has 0 saturated carbocycles. The predicted molar refractivity (Wildman–Crippen MR) is 109 cm³/mol. The highest BCUT2D eigenvalue weighted by molar-refractivity contribution is 7.89. The van der Waals surface area contributed by atoms with E-state index in [2.05, 4.69) is 31.3 Å². The van der Waals surface area contributed by atoms with Crippen LogP contribution in [0.5, 0.6) is 0 Å². The molecule has 0 radical (unpaired) electrons. The molecule has 0 aliphatic carbocycles.